The number of fused-ring (bicyclic) bond motifs is 1. The number of hydrazone groups is 1. The maximum atomic E-state index is 5.67. The van der Waals surface area contributed by atoms with Crippen molar-refractivity contribution in [2.24, 2.45) is 12.1 Å². The van der Waals surface area contributed by atoms with E-state index in [0.29, 0.717) is 25.6 Å². The zero-order chi connectivity index (χ0) is 21.9. The van der Waals surface area contributed by atoms with Gasteiger partial charge in [-0.15, -0.1) is 0 Å². The van der Waals surface area contributed by atoms with E-state index in [9.17, 15) is 0 Å². The van der Waals surface area contributed by atoms with Crippen LogP contribution in [0.2, 0.25) is 0 Å². The molecule has 8 nitrogen and oxygen atoms in total. The minimum Gasteiger partial charge on any atom is -0.378 e. The summed E-state index contributed by atoms with van der Waals surface area (Å²) in [6.07, 6.45) is 3.12. The number of anilines is 2. The third-order valence-corrected chi connectivity index (χ3v) is 5.89. The summed E-state index contributed by atoms with van der Waals surface area (Å²) in [5.41, 5.74) is 9.01. The summed E-state index contributed by atoms with van der Waals surface area (Å²) >= 11 is 0. The van der Waals surface area contributed by atoms with Crippen molar-refractivity contribution in [2.45, 2.75) is 13.3 Å². The molecule has 32 heavy (non-hydrogen) atoms. The number of imidazole rings is 1. The van der Waals surface area contributed by atoms with E-state index in [2.05, 4.69) is 26.1 Å². The zero-order valence-electron chi connectivity index (χ0n) is 18.5. The second kappa shape index (κ2) is 9.10. The Bertz CT molecular complexity index is 1160. The van der Waals surface area contributed by atoms with E-state index < -0.39 is 0 Å². The molecule has 0 bridgehead atoms. The SMILES string of the molecule is C/C(=N\Nc1cc(N2CCOCC2)c2nc(C3=CCCOC3)n(C)c2n1)c1ccccc1. The lowest BCUT2D eigenvalue weighted by Gasteiger charge is -2.29. The second-order valence-corrected chi connectivity index (χ2v) is 8.04. The van der Waals surface area contributed by atoms with Gasteiger partial charge in [0.2, 0.25) is 0 Å². The van der Waals surface area contributed by atoms with Gasteiger partial charge >= 0.3 is 0 Å². The summed E-state index contributed by atoms with van der Waals surface area (Å²) in [4.78, 5) is 12.2. The predicted octanol–water partition coefficient (Wildman–Crippen LogP) is 3.44. The molecule has 3 aromatic rings. The minimum absolute atomic E-state index is 0.579. The van der Waals surface area contributed by atoms with Crippen LogP contribution in [0.3, 0.4) is 0 Å². The summed E-state index contributed by atoms with van der Waals surface area (Å²) in [7, 11) is 2.01. The van der Waals surface area contributed by atoms with E-state index in [-0.39, 0.29) is 0 Å². The molecule has 2 aromatic heterocycles. The molecule has 0 spiro atoms. The van der Waals surface area contributed by atoms with Gasteiger partial charge in [-0.1, -0.05) is 36.4 Å². The number of aryl methyl sites for hydroxylation is 1. The van der Waals surface area contributed by atoms with Crippen molar-refractivity contribution in [1.82, 2.24) is 14.5 Å². The largest absolute Gasteiger partial charge is 0.378 e. The lowest BCUT2D eigenvalue weighted by atomic mass is 10.1. The summed E-state index contributed by atoms with van der Waals surface area (Å²) < 4.78 is 13.3. The molecule has 5 rings (SSSR count). The fourth-order valence-corrected chi connectivity index (χ4v) is 4.12. The monoisotopic (exact) mass is 432 g/mol. The summed E-state index contributed by atoms with van der Waals surface area (Å²) in [5, 5.41) is 4.58. The molecule has 0 aliphatic carbocycles. The van der Waals surface area contributed by atoms with Crippen LogP contribution in [0, 0.1) is 0 Å². The molecule has 1 fully saturated rings. The van der Waals surface area contributed by atoms with Crippen molar-refractivity contribution in [3.63, 3.8) is 0 Å². The number of hydrogen-bond acceptors (Lipinski definition) is 7. The lowest BCUT2D eigenvalue weighted by molar-refractivity contribution is 0.123. The highest BCUT2D eigenvalue weighted by molar-refractivity contribution is 5.99. The van der Waals surface area contributed by atoms with Gasteiger partial charge in [0.25, 0.3) is 0 Å². The average Bonchev–Trinajstić information content (AvgIpc) is 3.20. The minimum atomic E-state index is 0.579. The Morgan fingerprint density at radius 1 is 1.06 bits per heavy atom. The van der Waals surface area contributed by atoms with Crippen LogP contribution in [0.5, 0.6) is 0 Å². The van der Waals surface area contributed by atoms with Crippen molar-refractivity contribution < 1.29 is 9.47 Å². The van der Waals surface area contributed by atoms with Crippen molar-refractivity contribution in [1.29, 1.82) is 0 Å². The third-order valence-electron chi connectivity index (χ3n) is 5.89. The highest BCUT2D eigenvalue weighted by Crippen LogP contribution is 2.31. The van der Waals surface area contributed by atoms with Crippen LogP contribution < -0.4 is 10.3 Å². The molecule has 0 atom stereocenters. The number of nitrogens with zero attached hydrogens (tertiary/aromatic N) is 5. The van der Waals surface area contributed by atoms with Gasteiger partial charge in [0, 0.05) is 31.8 Å². The molecule has 0 saturated carbocycles. The number of morpholine rings is 1. The number of benzene rings is 1. The highest BCUT2D eigenvalue weighted by atomic mass is 16.5. The summed E-state index contributed by atoms with van der Waals surface area (Å²) in [6, 6.07) is 12.2. The molecular weight excluding hydrogens is 404 g/mol. The highest BCUT2D eigenvalue weighted by Gasteiger charge is 2.22. The van der Waals surface area contributed by atoms with E-state index in [1.165, 1.54) is 0 Å². The normalized spacial score (nSPS) is 17.5. The fraction of sp³-hybridized carbons (Fsp3) is 0.375. The fourth-order valence-electron chi connectivity index (χ4n) is 4.12. The maximum Gasteiger partial charge on any atom is 0.164 e. The van der Waals surface area contributed by atoms with Crippen molar-refractivity contribution in [3.05, 3.63) is 53.9 Å². The molecule has 166 valence electrons. The average molecular weight is 433 g/mol. The van der Waals surface area contributed by atoms with Gasteiger partial charge in [-0.2, -0.15) is 5.10 Å². The number of aromatic nitrogens is 3. The van der Waals surface area contributed by atoms with Gasteiger partial charge in [-0.05, 0) is 18.9 Å². The van der Waals surface area contributed by atoms with Crippen LogP contribution in [0.15, 0.2) is 47.6 Å². The lowest BCUT2D eigenvalue weighted by Crippen LogP contribution is -2.36. The Hall–Kier alpha value is -3.23. The molecule has 4 heterocycles. The molecule has 1 saturated heterocycles. The first-order chi connectivity index (χ1) is 15.7. The van der Waals surface area contributed by atoms with Crippen molar-refractivity contribution in [2.75, 3.05) is 49.8 Å². The number of rotatable bonds is 5. The maximum absolute atomic E-state index is 5.67. The van der Waals surface area contributed by atoms with Crippen LogP contribution in [0.1, 0.15) is 24.7 Å². The smallest absolute Gasteiger partial charge is 0.164 e. The van der Waals surface area contributed by atoms with E-state index in [1.54, 1.807) is 0 Å². The Kier molecular flexibility index (Phi) is 5.87. The molecule has 2 aliphatic heterocycles. The first-order valence-corrected chi connectivity index (χ1v) is 11.0. The Labute approximate surface area is 187 Å². The Balaban J connectivity index is 1.56. The first-order valence-electron chi connectivity index (χ1n) is 11.0. The van der Waals surface area contributed by atoms with Gasteiger partial charge in [0.05, 0.1) is 37.8 Å². The predicted molar refractivity (Wildman–Crippen MR) is 127 cm³/mol. The quantitative estimate of drug-likeness (QED) is 0.492. The molecule has 2 aliphatic rings. The molecule has 0 unspecified atom stereocenters. The Morgan fingerprint density at radius 3 is 2.62 bits per heavy atom. The molecular formula is C24H28N6O2. The topological polar surface area (TPSA) is 76.8 Å². The van der Waals surface area contributed by atoms with Gasteiger partial charge in [0.1, 0.15) is 11.3 Å². The van der Waals surface area contributed by atoms with E-state index in [1.807, 2.05) is 50.4 Å². The zero-order valence-corrected chi connectivity index (χ0v) is 18.5. The van der Waals surface area contributed by atoms with E-state index in [0.717, 1.165) is 65.6 Å². The molecule has 1 aromatic carbocycles. The standard InChI is InChI=1S/C24H28N6O2/c1-17(18-7-4-3-5-8-18)27-28-21-15-20(30-10-13-31-14-11-30)22-24(25-21)29(2)23(26-22)19-9-6-12-32-16-19/h3-5,7-9,15H,6,10-14,16H2,1-2H3,(H,25,28)/b27-17+. The molecule has 0 radical (unpaired) electrons. The Morgan fingerprint density at radius 2 is 1.88 bits per heavy atom. The van der Waals surface area contributed by atoms with Gasteiger partial charge in [0.15, 0.2) is 11.5 Å². The second-order valence-electron chi connectivity index (χ2n) is 8.04. The van der Waals surface area contributed by atoms with E-state index >= 15 is 0 Å². The van der Waals surface area contributed by atoms with E-state index in [4.69, 9.17) is 19.4 Å². The molecule has 0 amide bonds. The summed E-state index contributed by atoms with van der Waals surface area (Å²) in [6.45, 7) is 6.38. The van der Waals surface area contributed by atoms with Crippen LogP contribution in [-0.4, -0.2) is 59.8 Å². The van der Waals surface area contributed by atoms with Gasteiger partial charge < -0.3 is 18.9 Å². The van der Waals surface area contributed by atoms with Crippen LogP contribution >= 0.6 is 0 Å². The van der Waals surface area contributed by atoms with Gasteiger partial charge in [-0.25, -0.2) is 9.97 Å². The molecule has 8 heteroatoms. The number of hydrogen-bond donors (Lipinski definition) is 1. The molecule has 1 N–H and O–H groups in total. The van der Waals surface area contributed by atoms with Crippen LogP contribution in [-0.2, 0) is 16.5 Å². The van der Waals surface area contributed by atoms with Crippen molar-refractivity contribution >= 4 is 34.0 Å². The number of nitrogens with one attached hydrogen (secondary N) is 1. The first kappa shape index (κ1) is 20.7. The van der Waals surface area contributed by atoms with Gasteiger partial charge in [-0.3, -0.25) is 5.43 Å². The summed E-state index contributed by atoms with van der Waals surface area (Å²) in [5.74, 6) is 1.60. The van der Waals surface area contributed by atoms with Crippen molar-refractivity contribution in [3.8, 4) is 0 Å². The van der Waals surface area contributed by atoms with Crippen LogP contribution in [0.4, 0.5) is 11.5 Å². The number of pyridine rings is 1. The van der Waals surface area contributed by atoms with Crippen LogP contribution in [0.25, 0.3) is 16.7 Å². The third kappa shape index (κ3) is 4.11. The number of ether oxygens (including phenoxy) is 2.